The lowest BCUT2D eigenvalue weighted by Crippen LogP contribution is -2.29. The first-order valence-electron chi connectivity index (χ1n) is 6.85. The molecule has 0 aromatic carbocycles. The second-order valence-electron chi connectivity index (χ2n) is 5.48. The number of rotatable bonds is 1. The molecule has 0 spiro atoms. The number of hydrogen-bond donors (Lipinski definition) is 1. The molecule has 0 bridgehead atoms. The standard InChI is InChI=1S/C16H15N3O2/c1-9-5-12(20)15-13(6-9)21-16(18)11(7-17)14(15)10-3-2-4-19-8-10/h2-4,8-9,14H,5-6,18H2,1H3/t9-,14-/m1/s1. The maximum Gasteiger partial charge on any atom is 0.205 e. The van der Waals surface area contributed by atoms with E-state index in [0.717, 1.165) is 5.56 Å². The molecule has 0 saturated carbocycles. The molecule has 1 aromatic rings. The predicted octanol–water partition coefficient (Wildman–Crippen LogP) is 2.14. The molecule has 106 valence electrons. The summed E-state index contributed by atoms with van der Waals surface area (Å²) >= 11 is 0. The molecule has 5 heteroatoms. The maximum atomic E-state index is 12.5. The molecule has 1 aromatic heterocycles. The molecule has 0 unspecified atom stereocenters. The summed E-state index contributed by atoms with van der Waals surface area (Å²) in [5.74, 6) is 0.476. The minimum absolute atomic E-state index is 0.0258. The fourth-order valence-electron chi connectivity index (χ4n) is 2.97. The third kappa shape index (κ3) is 2.19. The van der Waals surface area contributed by atoms with Gasteiger partial charge in [0.25, 0.3) is 0 Å². The molecule has 0 amide bonds. The van der Waals surface area contributed by atoms with Gasteiger partial charge in [0.15, 0.2) is 5.78 Å². The van der Waals surface area contributed by atoms with Crippen LogP contribution < -0.4 is 5.73 Å². The average Bonchev–Trinajstić information content (AvgIpc) is 2.46. The minimum Gasteiger partial charge on any atom is -0.444 e. The summed E-state index contributed by atoms with van der Waals surface area (Å²) in [5.41, 5.74) is 7.52. The van der Waals surface area contributed by atoms with Crippen LogP contribution in [-0.4, -0.2) is 10.8 Å². The Bertz CT molecular complexity index is 698. The molecule has 0 fully saturated rings. The van der Waals surface area contributed by atoms with Gasteiger partial charge in [0.05, 0.1) is 5.92 Å². The molecule has 1 aliphatic heterocycles. The zero-order valence-electron chi connectivity index (χ0n) is 11.7. The number of hydrogen-bond acceptors (Lipinski definition) is 5. The Morgan fingerprint density at radius 1 is 1.48 bits per heavy atom. The molecular weight excluding hydrogens is 266 g/mol. The summed E-state index contributed by atoms with van der Waals surface area (Å²) in [7, 11) is 0. The van der Waals surface area contributed by atoms with Crippen molar-refractivity contribution in [2.75, 3.05) is 0 Å². The lowest BCUT2D eigenvalue weighted by atomic mass is 9.76. The first-order chi connectivity index (χ1) is 10.1. The third-order valence-electron chi connectivity index (χ3n) is 3.88. The van der Waals surface area contributed by atoms with Gasteiger partial charge in [-0.1, -0.05) is 13.0 Å². The van der Waals surface area contributed by atoms with Crippen LogP contribution in [0, 0.1) is 17.2 Å². The van der Waals surface area contributed by atoms with Gasteiger partial charge in [0, 0.05) is 30.8 Å². The van der Waals surface area contributed by atoms with Crippen molar-refractivity contribution in [1.82, 2.24) is 4.98 Å². The lowest BCUT2D eigenvalue weighted by molar-refractivity contribution is -0.117. The van der Waals surface area contributed by atoms with Gasteiger partial charge in [-0.2, -0.15) is 5.26 Å². The molecule has 0 radical (unpaired) electrons. The molecule has 5 nitrogen and oxygen atoms in total. The van der Waals surface area contributed by atoms with E-state index in [4.69, 9.17) is 10.5 Å². The molecule has 1 aliphatic carbocycles. The molecule has 3 rings (SSSR count). The molecule has 21 heavy (non-hydrogen) atoms. The number of carbonyl (C=O) groups is 1. The van der Waals surface area contributed by atoms with Gasteiger partial charge in [-0.15, -0.1) is 0 Å². The fourth-order valence-corrected chi connectivity index (χ4v) is 2.97. The van der Waals surface area contributed by atoms with Gasteiger partial charge in [-0.05, 0) is 17.5 Å². The third-order valence-corrected chi connectivity index (χ3v) is 3.88. The topological polar surface area (TPSA) is 89.0 Å². The van der Waals surface area contributed by atoms with E-state index in [-0.39, 0.29) is 23.2 Å². The largest absolute Gasteiger partial charge is 0.444 e. The van der Waals surface area contributed by atoms with Crippen molar-refractivity contribution in [3.63, 3.8) is 0 Å². The highest BCUT2D eigenvalue weighted by Gasteiger charge is 2.39. The van der Waals surface area contributed by atoms with E-state index in [0.29, 0.717) is 24.2 Å². The summed E-state index contributed by atoms with van der Waals surface area (Å²) in [5, 5.41) is 9.40. The zero-order chi connectivity index (χ0) is 15.0. The Hall–Kier alpha value is -2.61. The van der Waals surface area contributed by atoms with Crippen LogP contribution in [0.25, 0.3) is 0 Å². The van der Waals surface area contributed by atoms with Crippen LogP contribution in [-0.2, 0) is 9.53 Å². The van der Waals surface area contributed by atoms with Crippen LogP contribution in [0.2, 0.25) is 0 Å². The molecule has 2 aliphatic rings. The Balaban J connectivity index is 2.17. The first-order valence-corrected chi connectivity index (χ1v) is 6.85. The SMILES string of the molecule is C[C@@H]1CC(=O)C2=C(C1)OC(N)=C(C#N)[C@H]2c1cccnc1. The highest BCUT2D eigenvalue weighted by molar-refractivity contribution is 5.99. The fraction of sp³-hybridized carbons (Fsp3) is 0.312. The number of nitrogens with two attached hydrogens (primary N) is 1. The lowest BCUT2D eigenvalue weighted by Gasteiger charge is -2.32. The van der Waals surface area contributed by atoms with Crippen molar-refractivity contribution >= 4 is 5.78 Å². The monoisotopic (exact) mass is 281 g/mol. The number of pyridine rings is 1. The van der Waals surface area contributed by atoms with Crippen molar-refractivity contribution in [2.45, 2.75) is 25.7 Å². The summed E-state index contributed by atoms with van der Waals surface area (Å²) < 4.78 is 5.56. The van der Waals surface area contributed by atoms with E-state index < -0.39 is 5.92 Å². The zero-order valence-corrected chi connectivity index (χ0v) is 11.7. The van der Waals surface area contributed by atoms with Crippen LogP contribution in [0.1, 0.15) is 31.2 Å². The van der Waals surface area contributed by atoms with Gasteiger partial charge in [0.2, 0.25) is 5.88 Å². The summed E-state index contributed by atoms with van der Waals surface area (Å²) in [6.07, 6.45) is 4.45. The van der Waals surface area contributed by atoms with E-state index >= 15 is 0 Å². The van der Waals surface area contributed by atoms with Gasteiger partial charge >= 0.3 is 0 Å². The number of carbonyl (C=O) groups excluding carboxylic acids is 1. The van der Waals surface area contributed by atoms with Crippen LogP contribution in [0.4, 0.5) is 0 Å². The van der Waals surface area contributed by atoms with Crippen LogP contribution >= 0.6 is 0 Å². The summed E-state index contributed by atoms with van der Waals surface area (Å²) in [4.78, 5) is 16.5. The Labute approximate surface area is 122 Å². The van der Waals surface area contributed by atoms with E-state index in [9.17, 15) is 10.1 Å². The van der Waals surface area contributed by atoms with Crippen molar-refractivity contribution in [3.05, 3.63) is 52.9 Å². The minimum atomic E-state index is -0.465. The normalized spacial score (nSPS) is 25.2. The number of aromatic nitrogens is 1. The second-order valence-corrected chi connectivity index (χ2v) is 5.48. The summed E-state index contributed by atoms with van der Waals surface area (Å²) in [6.45, 7) is 2.00. The Morgan fingerprint density at radius 2 is 2.29 bits per heavy atom. The second kappa shape index (κ2) is 5.06. The quantitative estimate of drug-likeness (QED) is 0.851. The average molecular weight is 281 g/mol. The molecule has 0 saturated heterocycles. The number of ether oxygens (including phenoxy) is 1. The predicted molar refractivity (Wildman–Crippen MR) is 75.3 cm³/mol. The van der Waals surface area contributed by atoms with Gasteiger partial charge in [0.1, 0.15) is 17.4 Å². The van der Waals surface area contributed by atoms with Gasteiger partial charge in [-0.3, -0.25) is 9.78 Å². The number of nitriles is 1. The van der Waals surface area contributed by atoms with Crippen LogP contribution in [0.3, 0.4) is 0 Å². The number of ketones is 1. The van der Waals surface area contributed by atoms with Crippen LogP contribution in [0.15, 0.2) is 47.3 Å². The maximum absolute atomic E-state index is 12.5. The molecule has 2 N–H and O–H groups in total. The van der Waals surface area contributed by atoms with Crippen molar-refractivity contribution in [3.8, 4) is 6.07 Å². The molecule has 2 heterocycles. The highest BCUT2D eigenvalue weighted by Crippen LogP contribution is 2.44. The van der Waals surface area contributed by atoms with Gasteiger partial charge in [-0.25, -0.2) is 0 Å². The Morgan fingerprint density at radius 3 is 2.95 bits per heavy atom. The van der Waals surface area contributed by atoms with Crippen LogP contribution in [0.5, 0.6) is 0 Å². The molecular formula is C16H15N3O2. The Kier molecular flexibility index (Phi) is 3.22. The first kappa shape index (κ1) is 13.4. The van der Waals surface area contributed by atoms with E-state index in [1.165, 1.54) is 0 Å². The summed E-state index contributed by atoms with van der Waals surface area (Å²) in [6, 6.07) is 5.72. The number of allylic oxidation sites excluding steroid dienone is 3. The van der Waals surface area contributed by atoms with Crippen molar-refractivity contribution in [2.24, 2.45) is 11.7 Å². The molecule has 2 atom stereocenters. The number of nitrogens with zero attached hydrogens (tertiary/aromatic N) is 2. The van der Waals surface area contributed by atoms with Crippen molar-refractivity contribution < 1.29 is 9.53 Å². The van der Waals surface area contributed by atoms with E-state index in [1.807, 2.05) is 13.0 Å². The number of Topliss-reactive ketones (excluding diaryl/α,β-unsaturated/α-hetero) is 1. The van der Waals surface area contributed by atoms with Gasteiger partial charge < -0.3 is 10.5 Å². The van der Waals surface area contributed by atoms with E-state index in [1.54, 1.807) is 18.5 Å². The van der Waals surface area contributed by atoms with E-state index in [2.05, 4.69) is 11.1 Å². The smallest absolute Gasteiger partial charge is 0.205 e. The highest BCUT2D eigenvalue weighted by atomic mass is 16.5. The van der Waals surface area contributed by atoms with Crippen molar-refractivity contribution in [1.29, 1.82) is 5.26 Å².